The zero-order valence-electron chi connectivity index (χ0n) is 14.0. The quantitative estimate of drug-likeness (QED) is 0.853. The molecule has 0 amide bonds. The second-order valence-electron chi connectivity index (χ2n) is 6.86. The van der Waals surface area contributed by atoms with Crippen molar-refractivity contribution in [2.45, 2.75) is 25.6 Å². The van der Waals surface area contributed by atoms with Gasteiger partial charge in [-0.15, -0.1) is 11.3 Å². The second kappa shape index (κ2) is 7.74. The Labute approximate surface area is 148 Å². The van der Waals surface area contributed by atoms with E-state index in [4.69, 9.17) is 4.74 Å². The normalized spacial score (nSPS) is 26.0. The van der Waals surface area contributed by atoms with E-state index in [1.54, 1.807) is 0 Å². The Morgan fingerprint density at radius 2 is 1.96 bits per heavy atom. The molecule has 2 aromatic heterocycles. The third kappa shape index (κ3) is 4.03. The molecular formula is C19H25N3OS. The van der Waals surface area contributed by atoms with Crippen molar-refractivity contribution in [2.75, 3.05) is 32.8 Å². The molecule has 4 rings (SSSR count). The van der Waals surface area contributed by atoms with Gasteiger partial charge in [-0.05, 0) is 42.1 Å². The maximum atomic E-state index is 6.23. The minimum atomic E-state index is 0.390. The van der Waals surface area contributed by atoms with Crippen molar-refractivity contribution in [3.05, 3.63) is 52.5 Å². The van der Waals surface area contributed by atoms with Crippen LogP contribution < -0.4 is 0 Å². The Balaban J connectivity index is 1.34. The lowest BCUT2D eigenvalue weighted by atomic mass is 9.93. The van der Waals surface area contributed by atoms with Crippen LogP contribution in [0.15, 0.2) is 42.0 Å². The van der Waals surface area contributed by atoms with Crippen LogP contribution in [0.3, 0.4) is 0 Å². The topological polar surface area (TPSA) is 28.6 Å². The first-order chi connectivity index (χ1) is 11.9. The van der Waals surface area contributed by atoms with Gasteiger partial charge >= 0.3 is 0 Å². The highest BCUT2D eigenvalue weighted by Gasteiger charge is 2.33. The van der Waals surface area contributed by atoms with Gasteiger partial charge in [-0.25, -0.2) is 0 Å². The van der Waals surface area contributed by atoms with Crippen LogP contribution in [0, 0.1) is 5.92 Å². The van der Waals surface area contributed by atoms with Crippen LogP contribution in [0.4, 0.5) is 0 Å². The number of fused-ring (bicyclic) bond motifs is 1. The van der Waals surface area contributed by atoms with Gasteiger partial charge in [0.2, 0.25) is 0 Å². The molecule has 0 aliphatic carbocycles. The predicted octanol–water partition coefficient (Wildman–Crippen LogP) is 2.87. The first kappa shape index (κ1) is 16.2. The van der Waals surface area contributed by atoms with Gasteiger partial charge in [0.05, 0.1) is 12.7 Å². The molecule has 5 heteroatoms. The van der Waals surface area contributed by atoms with Crippen molar-refractivity contribution in [3.8, 4) is 0 Å². The van der Waals surface area contributed by atoms with Gasteiger partial charge in [-0.3, -0.25) is 14.8 Å². The summed E-state index contributed by atoms with van der Waals surface area (Å²) in [6, 6.07) is 8.62. The number of piperidine rings is 1. The molecule has 2 saturated heterocycles. The lowest BCUT2D eigenvalue weighted by Gasteiger charge is -2.37. The fraction of sp³-hybridized carbons (Fsp3) is 0.526. The minimum absolute atomic E-state index is 0.390. The van der Waals surface area contributed by atoms with Crippen molar-refractivity contribution in [3.63, 3.8) is 0 Å². The van der Waals surface area contributed by atoms with Crippen LogP contribution in [-0.4, -0.2) is 53.7 Å². The molecule has 0 bridgehead atoms. The molecule has 2 aliphatic heterocycles. The maximum Gasteiger partial charge on any atom is 0.0743 e. The van der Waals surface area contributed by atoms with Gasteiger partial charge in [-0.1, -0.05) is 6.07 Å². The molecule has 2 aromatic rings. The standard InChI is InChI=1S/C19H25N3OS/c1-2-18(24-11-1)14-21-8-5-17-13-22(9-10-23-19(17)15-21)12-16-3-6-20-7-4-16/h1-4,6-7,11,17,19H,5,8-10,12-15H2/t17-,19-/m1/s1. The van der Waals surface area contributed by atoms with E-state index < -0.39 is 0 Å². The van der Waals surface area contributed by atoms with E-state index in [2.05, 4.69) is 44.4 Å². The van der Waals surface area contributed by atoms with Crippen molar-refractivity contribution in [1.29, 1.82) is 0 Å². The molecule has 0 radical (unpaired) electrons. The summed E-state index contributed by atoms with van der Waals surface area (Å²) < 4.78 is 6.23. The molecule has 4 heterocycles. The zero-order chi connectivity index (χ0) is 16.2. The fourth-order valence-electron chi connectivity index (χ4n) is 3.84. The van der Waals surface area contributed by atoms with E-state index in [1.807, 2.05) is 23.7 Å². The summed E-state index contributed by atoms with van der Waals surface area (Å²) in [5.41, 5.74) is 1.35. The molecule has 0 N–H and O–H groups in total. The molecule has 2 atom stereocenters. The number of thiophene rings is 1. The number of aromatic nitrogens is 1. The van der Waals surface area contributed by atoms with Crippen molar-refractivity contribution in [1.82, 2.24) is 14.8 Å². The predicted molar refractivity (Wildman–Crippen MR) is 97.0 cm³/mol. The van der Waals surface area contributed by atoms with Crippen molar-refractivity contribution in [2.24, 2.45) is 5.92 Å². The van der Waals surface area contributed by atoms with E-state index in [9.17, 15) is 0 Å². The van der Waals surface area contributed by atoms with Crippen LogP contribution in [0.1, 0.15) is 16.9 Å². The highest BCUT2D eigenvalue weighted by Crippen LogP contribution is 2.26. The number of likely N-dealkylation sites (tertiary alicyclic amines) is 1. The molecule has 4 nitrogen and oxygen atoms in total. The summed E-state index contributed by atoms with van der Waals surface area (Å²) >= 11 is 1.86. The molecule has 2 fully saturated rings. The Morgan fingerprint density at radius 1 is 1.08 bits per heavy atom. The minimum Gasteiger partial charge on any atom is -0.375 e. The van der Waals surface area contributed by atoms with Crippen LogP contribution >= 0.6 is 11.3 Å². The molecule has 128 valence electrons. The maximum absolute atomic E-state index is 6.23. The molecule has 24 heavy (non-hydrogen) atoms. The number of nitrogens with zero attached hydrogens (tertiary/aromatic N) is 3. The van der Waals surface area contributed by atoms with Gasteiger partial charge in [0, 0.05) is 55.9 Å². The highest BCUT2D eigenvalue weighted by atomic mass is 32.1. The molecule has 0 saturated carbocycles. The van der Waals surface area contributed by atoms with E-state index in [0.717, 1.165) is 39.3 Å². The smallest absolute Gasteiger partial charge is 0.0743 e. The molecule has 0 aromatic carbocycles. The third-order valence-corrected chi connectivity index (χ3v) is 5.99. The van der Waals surface area contributed by atoms with Crippen molar-refractivity contribution >= 4 is 11.3 Å². The van der Waals surface area contributed by atoms with Crippen LogP contribution in [0.5, 0.6) is 0 Å². The number of rotatable bonds is 4. The third-order valence-electron chi connectivity index (χ3n) is 5.13. The van der Waals surface area contributed by atoms with Gasteiger partial charge in [-0.2, -0.15) is 0 Å². The molecule has 2 aliphatic rings. The number of ether oxygens (including phenoxy) is 1. The first-order valence-corrected chi connectivity index (χ1v) is 9.72. The Bertz CT molecular complexity index is 619. The molecule has 0 unspecified atom stereocenters. The summed E-state index contributed by atoms with van der Waals surface area (Å²) in [5.74, 6) is 0.661. The SMILES string of the molecule is c1csc(CN2CC[C@@H]3CN(Cc4ccncc4)CCO[C@@H]3C2)c1. The Morgan fingerprint density at radius 3 is 2.79 bits per heavy atom. The lowest BCUT2D eigenvalue weighted by molar-refractivity contribution is -0.0239. The largest absolute Gasteiger partial charge is 0.375 e. The molecular weight excluding hydrogens is 318 g/mol. The van der Waals surface area contributed by atoms with Crippen LogP contribution in [0.25, 0.3) is 0 Å². The number of pyridine rings is 1. The van der Waals surface area contributed by atoms with Crippen LogP contribution in [-0.2, 0) is 17.8 Å². The average Bonchev–Trinajstić information content (AvgIpc) is 3.02. The second-order valence-corrected chi connectivity index (χ2v) is 7.90. The summed E-state index contributed by atoms with van der Waals surface area (Å²) in [4.78, 5) is 10.7. The van der Waals surface area contributed by atoms with Gasteiger partial charge < -0.3 is 4.74 Å². The monoisotopic (exact) mass is 343 g/mol. The zero-order valence-corrected chi connectivity index (χ0v) is 14.8. The van der Waals surface area contributed by atoms with E-state index in [1.165, 1.54) is 23.4 Å². The Kier molecular flexibility index (Phi) is 5.23. The van der Waals surface area contributed by atoms with E-state index in [-0.39, 0.29) is 0 Å². The first-order valence-electron chi connectivity index (χ1n) is 8.84. The average molecular weight is 343 g/mol. The molecule has 0 spiro atoms. The summed E-state index contributed by atoms with van der Waals surface area (Å²) in [6.07, 6.45) is 5.40. The fourth-order valence-corrected chi connectivity index (χ4v) is 4.59. The van der Waals surface area contributed by atoms with E-state index >= 15 is 0 Å². The van der Waals surface area contributed by atoms with Crippen molar-refractivity contribution < 1.29 is 4.74 Å². The van der Waals surface area contributed by atoms with Crippen LogP contribution in [0.2, 0.25) is 0 Å². The number of hydrogen-bond donors (Lipinski definition) is 0. The van der Waals surface area contributed by atoms with Gasteiger partial charge in [0.1, 0.15) is 0 Å². The summed E-state index contributed by atoms with van der Waals surface area (Å²) in [7, 11) is 0. The van der Waals surface area contributed by atoms with Gasteiger partial charge in [0.25, 0.3) is 0 Å². The highest BCUT2D eigenvalue weighted by molar-refractivity contribution is 7.09. The summed E-state index contributed by atoms with van der Waals surface area (Å²) in [6.45, 7) is 7.37. The van der Waals surface area contributed by atoms with Gasteiger partial charge in [0.15, 0.2) is 0 Å². The number of hydrogen-bond acceptors (Lipinski definition) is 5. The summed E-state index contributed by atoms with van der Waals surface area (Å²) in [5, 5.41) is 2.17. The Hall–Kier alpha value is -1.27. The lowest BCUT2D eigenvalue weighted by Crippen LogP contribution is -2.46. The van der Waals surface area contributed by atoms with E-state index in [0.29, 0.717) is 12.0 Å².